The van der Waals surface area contributed by atoms with Gasteiger partial charge in [-0.05, 0) is 40.4 Å². The summed E-state index contributed by atoms with van der Waals surface area (Å²) in [5.41, 5.74) is 5.31. The molecule has 0 fully saturated rings. The van der Waals surface area contributed by atoms with E-state index in [4.69, 9.17) is 10.5 Å². The molecule has 3 N–H and O–H groups in total. The summed E-state index contributed by atoms with van der Waals surface area (Å²) in [6.07, 6.45) is 0.847. The van der Waals surface area contributed by atoms with Gasteiger partial charge in [-0.15, -0.1) is 0 Å². The molecular formula is C14H18BrFN2O3. The summed E-state index contributed by atoms with van der Waals surface area (Å²) < 4.78 is 18.3. The maximum Gasteiger partial charge on any atom is 0.339 e. The van der Waals surface area contributed by atoms with Crippen molar-refractivity contribution in [2.45, 2.75) is 20.3 Å². The van der Waals surface area contributed by atoms with Crippen LogP contribution in [-0.2, 0) is 9.53 Å². The highest BCUT2D eigenvalue weighted by atomic mass is 79.9. The van der Waals surface area contributed by atoms with Gasteiger partial charge in [-0.3, -0.25) is 4.79 Å². The van der Waals surface area contributed by atoms with E-state index in [1.165, 1.54) is 6.07 Å². The van der Waals surface area contributed by atoms with Crippen LogP contribution in [0.1, 0.15) is 30.6 Å². The highest BCUT2D eigenvalue weighted by Crippen LogP contribution is 2.23. The molecule has 1 aromatic rings. The van der Waals surface area contributed by atoms with Crippen molar-refractivity contribution in [3.63, 3.8) is 0 Å². The predicted molar refractivity (Wildman–Crippen MR) is 81.3 cm³/mol. The summed E-state index contributed by atoms with van der Waals surface area (Å²) >= 11 is 3.05. The number of nitrogens with two attached hydrogens (primary N) is 1. The lowest BCUT2D eigenvalue weighted by molar-refractivity contribution is -0.124. The summed E-state index contributed by atoms with van der Waals surface area (Å²) in [5, 5.41) is 2.64. The lowest BCUT2D eigenvalue weighted by Crippen LogP contribution is -2.30. The highest BCUT2D eigenvalue weighted by Gasteiger charge is 2.16. The zero-order valence-electron chi connectivity index (χ0n) is 11.9. The molecule has 0 bridgehead atoms. The minimum absolute atomic E-state index is 0.0730. The Morgan fingerprint density at radius 3 is 2.71 bits per heavy atom. The predicted octanol–water partition coefficient (Wildman–Crippen LogP) is 2.49. The molecule has 116 valence electrons. The van der Waals surface area contributed by atoms with Crippen molar-refractivity contribution >= 4 is 33.5 Å². The number of hydrogen-bond donors (Lipinski definition) is 2. The number of esters is 1. The van der Waals surface area contributed by atoms with E-state index in [1.54, 1.807) is 0 Å². The minimum Gasteiger partial charge on any atom is -0.452 e. The van der Waals surface area contributed by atoms with Crippen molar-refractivity contribution in [2.75, 3.05) is 18.9 Å². The number of carbonyl (C=O) groups is 2. The molecule has 0 spiro atoms. The highest BCUT2D eigenvalue weighted by molar-refractivity contribution is 9.10. The maximum absolute atomic E-state index is 13.2. The molecule has 1 aromatic carbocycles. The molecule has 5 nitrogen and oxygen atoms in total. The first-order valence-corrected chi connectivity index (χ1v) is 7.29. The first kappa shape index (κ1) is 17.4. The summed E-state index contributed by atoms with van der Waals surface area (Å²) in [6, 6.07) is 2.24. The van der Waals surface area contributed by atoms with Gasteiger partial charge in [-0.25, -0.2) is 9.18 Å². The van der Waals surface area contributed by atoms with Gasteiger partial charge >= 0.3 is 5.97 Å². The minimum atomic E-state index is -0.743. The molecule has 0 aromatic heterocycles. The number of ether oxygens (including phenoxy) is 1. The van der Waals surface area contributed by atoms with Gasteiger partial charge in [0.25, 0.3) is 5.91 Å². The molecule has 0 atom stereocenters. The van der Waals surface area contributed by atoms with E-state index < -0.39 is 11.8 Å². The number of nitrogens with one attached hydrogen (secondary N) is 1. The largest absolute Gasteiger partial charge is 0.452 e. The molecule has 0 aliphatic rings. The monoisotopic (exact) mass is 360 g/mol. The van der Waals surface area contributed by atoms with Crippen molar-refractivity contribution in [3.05, 3.63) is 28.0 Å². The third-order valence-corrected chi connectivity index (χ3v) is 3.34. The molecule has 0 aliphatic heterocycles. The van der Waals surface area contributed by atoms with Crippen LogP contribution in [0.4, 0.5) is 10.1 Å². The van der Waals surface area contributed by atoms with Gasteiger partial charge in [0, 0.05) is 11.0 Å². The topological polar surface area (TPSA) is 81.4 Å². The number of hydrogen-bond acceptors (Lipinski definition) is 4. The molecule has 1 amide bonds. The van der Waals surface area contributed by atoms with E-state index in [0.29, 0.717) is 12.5 Å². The average Bonchev–Trinajstić information content (AvgIpc) is 2.39. The van der Waals surface area contributed by atoms with E-state index in [9.17, 15) is 14.0 Å². The molecule has 0 saturated heterocycles. The normalized spacial score (nSPS) is 10.5. The summed E-state index contributed by atoms with van der Waals surface area (Å²) in [7, 11) is 0. The third kappa shape index (κ3) is 5.71. The van der Waals surface area contributed by atoms with Crippen LogP contribution in [0.5, 0.6) is 0 Å². The standard InChI is InChI=1S/C14H18BrFN2O3/c1-8(2)3-4-18-13(19)7-21-14(20)9-5-12(17)11(16)6-10(9)15/h5-6,8H,3-4,7,17H2,1-2H3,(H,18,19). The Morgan fingerprint density at radius 2 is 2.10 bits per heavy atom. The lowest BCUT2D eigenvalue weighted by atomic mass is 10.1. The fraction of sp³-hybridized carbons (Fsp3) is 0.429. The SMILES string of the molecule is CC(C)CCNC(=O)COC(=O)c1cc(N)c(F)cc1Br. The molecule has 0 unspecified atom stereocenters. The van der Waals surface area contributed by atoms with Crippen LogP contribution in [0.3, 0.4) is 0 Å². The van der Waals surface area contributed by atoms with E-state index >= 15 is 0 Å². The molecule has 0 radical (unpaired) electrons. The van der Waals surface area contributed by atoms with Gasteiger partial charge in [0.2, 0.25) is 0 Å². The van der Waals surface area contributed by atoms with Crippen LogP contribution < -0.4 is 11.1 Å². The van der Waals surface area contributed by atoms with Gasteiger partial charge in [0.15, 0.2) is 6.61 Å². The second-order valence-corrected chi connectivity index (χ2v) is 5.82. The van der Waals surface area contributed by atoms with Crippen LogP contribution in [0.15, 0.2) is 16.6 Å². The number of benzene rings is 1. The number of carbonyl (C=O) groups excluding carboxylic acids is 2. The third-order valence-electron chi connectivity index (χ3n) is 2.68. The van der Waals surface area contributed by atoms with Gasteiger partial charge in [-0.2, -0.15) is 0 Å². The Morgan fingerprint density at radius 1 is 1.43 bits per heavy atom. The van der Waals surface area contributed by atoms with E-state index in [2.05, 4.69) is 21.2 Å². The van der Waals surface area contributed by atoms with Gasteiger partial charge in [0.1, 0.15) is 5.82 Å². The van der Waals surface area contributed by atoms with Crippen molar-refractivity contribution in [1.29, 1.82) is 0 Å². The van der Waals surface area contributed by atoms with Gasteiger partial charge in [-0.1, -0.05) is 13.8 Å². The first-order valence-electron chi connectivity index (χ1n) is 6.49. The van der Waals surface area contributed by atoms with Crippen molar-refractivity contribution in [1.82, 2.24) is 5.32 Å². The molecule has 0 aliphatic carbocycles. The number of amides is 1. The molecule has 1 rings (SSSR count). The Balaban J connectivity index is 2.51. The zero-order valence-corrected chi connectivity index (χ0v) is 13.5. The van der Waals surface area contributed by atoms with Crippen molar-refractivity contribution in [2.24, 2.45) is 5.92 Å². The van der Waals surface area contributed by atoms with E-state index in [-0.39, 0.29) is 28.2 Å². The number of anilines is 1. The van der Waals surface area contributed by atoms with Crippen LogP contribution in [0.25, 0.3) is 0 Å². The smallest absolute Gasteiger partial charge is 0.339 e. The Labute approximate surface area is 131 Å². The number of rotatable bonds is 6. The average molecular weight is 361 g/mol. The maximum atomic E-state index is 13.2. The van der Waals surface area contributed by atoms with Crippen molar-refractivity contribution in [3.8, 4) is 0 Å². The Bertz CT molecular complexity index is 535. The second kappa shape index (κ2) is 7.97. The van der Waals surface area contributed by atoms with Crippen LogP contribution in [0.2, 0.25) is 0 Å². The number of halogens is 2. The molecule has 0 heterocycles. The fourth-order valence-electron chi connectivity index (χ4n) is 1.48. The molecule has 7 heteroatoms. The van der Waals surface area contributed by atoms with Crippen LogP contribution >= 0.6 is 15.9 Å². The van der Waals surface area contributed by atoms with Crippen molar-refractivity contribution < 1.29 is 18.7 Å². The van der Waals surface area contributed by atoms with Gasteiger partial charge in [0.05, 0.1) is 11.3 Å². The fourth-order valence-corrected chi connectivity index (χ4v) is 1.96. The summed E-state index contributed by atoms with van der Waals surface area (Å²) in [6.45, 7) is 4.23. The van der Waals surface area contributed by atoms with E-state index in [0.717, 1.165) is 12.5 Å². The quantitative estimate of drug-likeness (QED) is 0.603. The summed E-state index contributed by atoms with van der Waals surface area (Å²) in [4.78, 5) is 23.3. The Kier molecular flexibility index (Phi) is 6.61. The van der Waals surface area contributed by atoms with Crippen LogP contribution in [0, 0.1) is 11.7 Å². The summed E-state index contributed by atoms with van der Waals surface area (Å²) in [5.74, 6) is -1.28. The van der Waals surface area contributed by atoms with Gasteiger partial charge < -0.3 is 15.8 Å². The molecular weight excluding hydrogens is 343 g/mol. The zero-order chi connectivity index (χ0) is 16.0. The van der Waals surface area contributed by atoms with Crippen LogP contribution in [-0.4, -0.2) is 25.0 Å². The lowest BCUT2D eigenvalue weighted by Gasteiger charge is -2.09. The number of nitrogen functional groups attached to an aromatic ring is 1. The molecule has 21 heavy (non-hydrogen) atoms. The van der Waals surface area contributed by atoms with E-state index in [1.807, 2.05) is 13.8 Å². The second-order valence-electron chi connectivity index (χ2n) is 4.96. The molecule has 0 saturated carbocycles. The first-order chi connectivity index (χ1) is 9.81. The Hall–Kier alpha value is -1.63.